The molecular weight excluding hydrogens is 531 g/mol. The number of hydrogen-bond acceptors (Lipinski definition) is 7. The fourth-order valence-electron chi connectivity index (χ4n) is 4.03. The fourth-order valence-corrected chi connectivity index (χ4v) is 4.51. The van der Waals surface area contributed by atoms with Crippen LogP contribution in [0.5, 0.6) is 0 Å². The number of carbonyl (C=O) groups excluding carboxylic acids is 2. The summed E-state index contributed by atoms with van der Waals surface area (Å²) in [7, 11) is -4.35. The fraction of sp³-hybridized carbons (Fsp3) is 0.440. The molecule has 1 N–H and O–H groups in total. The molecule has 0 heterocycles. The van der Waals surface area contributed by atoms with E-state index >= 15 is 0 Å². The number of nitrogens with zero attached hydrogens (tertiary/aromatic N) is 1. The number of para-hydroxylation sites is 1. The zero-order valence-corrected chi connectivity index (χ0v) is 24.4. The molecule has 12 heteroatoms. The van der Waals surface area contributed by atoms with Crippen LogP contribution in [0.4, 0.5) is 16.2 Å². The predicted octanol–water partition coefficient (Wildman–Crippen LogP) is 1.10. The summed E-state index contributed by atoms with van der Waals surface area (Å²) in [4.78, 5) is 26.2. The van der Waals surface area contributed by atoms with Crippen molar-refractivity contribution >= 4 is 45.1 Å². The number of nitrogens with one attached hydrogen (secondary N) is 1. The number of amides is 2. The Hall–Kier alpha value is -1.66. The van der Waals surface area contributed by atoms with Crippen LogP contribution in [0, 0.1) is 11.8 Å². The zero-order valence-electron chi connectivity index (χ0n) is 20.8. The maximum absolute atomic E-state index is 13.0. The number of hydrogen-bond donors (Lipinski definition) is 1. The molecule has 0 bridgehead atoms. The summed E-state index contributed by atoms with van der Waals surface area (Å²) < 4.78 is 42.8. The second kappa shape index (κ2) is 15.7. The van der Waals surface area contributed by atoms with E-state index in [4.69, 9.17) is 21.1 Å². The minimum atomic E-state index is -4.35. The summed E-state index contributed by atoms with van der Waals surface area (Å²) in [6.07, 6.45) is 3.07. The van der Waals surface area contributed by atoms with Gasteiger partial charge in [-0.2, -0.15) is 0 Å². The Morgan fingerprint density at radius 2 is 1.51 bits per heavy atom. The van der Waals surface area contributed by atoms with E-state index in [0.29, 0.717) is 35.5 Å². The maximum Gasteiger partial charge on any atom is 1.00 e. The Morgan fingerprint density at radius 1 is 0.946 bits per heavy atom. The van der Waals surface area contributed by atoms with E-state index in [1.165, 1.54) is 4.90 Å². The molecule has 0 saturated heterocycles. The van der Waals surface area contributed by atoms with Crippen LogP contribution in [0.25, 0.3) is 0 Å². The van der Waals surface area contributed by atoms with Crippen molar-refractivity contribution in [1.29, 1.82) is 0 Å². The van der Waals surface area contributed by atoms with E-state index in [1.54, 1.807) is 24.3 Å². The first-order valence-corrected chi connectivity index (χ1v) is 13.7. The van der Waals surface area contributed by atoms with Crippen molar-refractivity contribution in [3.05, 3.63) is 59.6 Å². The summed E-state index contributed by atoms with van der Waals surface area (Å²) >= 11 is 6.00. The average molecular weight is 561 g/mol. The first-order chi connectivity index (χ1) is 17.2. The van der Waals surface area contributed by atoms with E-state index in [-0.39, 0.29) is 48.6 Å². The van der Waals surface area contributed by atoms with Crippen LogP contribution in [0.3, 0.4) is 0 Å². The van der Waals surface area contributed by atoms with E-state index in [0.717, 1.165) is 25.7 Å². The van der Waals surface area contributed by atoms with Gasteiger partial charge in [0.2, 0.25) is 5.91 Å². The second-order valence-corrected chi connectivity index (χ2v) is 10.7. The zero-order chi connectivity index (χ0) is 26.0. The summed E-state index contributed by atoms with van der Waals surface area (Å²) in [6.45, 7) is 0.320. The third kappa shape index (κ3) is 11.3. The number of halogens is 1. The van der Waals surface area contributed by atoms with Crippen LogP contribution in [-0.4, -0.2) is 57.1 Å². The monoisotopic (exact) mass is 560 g/mol. The van der Waals surface area contributed by atoms with E-state index < -0.39 is 27.9 Å². The predicted molar refractivity (Wildman–Crippen MR) is 135 cm³/mol. The number of ether oxygens (including phenoxy) is 2. The average Bonchev–Trinajstić information content (AvgIpc) is 2.85. The van der Waals surface area contributed by atoms with Crippen LogP contribution >= 0.6 is 11.6 Å². The number of benzene rings is 2. The van der Waals surface area contributed by atoms with Crippen molar-refractivity contribution < 1.29 is 61.6 Å². The van der Waals surface area contributed by atoms with Crippen LogP contribution in [0.1, 0.15) is 25.7 Å². The van der Waals surface area contributed by atoms with Gasteiger partial charge < -0.3 is 19.3 Å². The Balaban J connectivity index is 0.00000481. The SMILES string of the molecule is O=C(COC[C@H]1CC[C@H](COC(=O)N(c2ccccc2)c2ccc(Cl)cc2)CC1)NCCS(=O)(=O)[O-].[Na+]. The van der Waals surface area contributed by atoms with Gasteiger partial charge in [-0.25, -0.2) is 18.1 Å². The van der Waals surface area contributed by atoms with Gasteiger partial charge in [0.25, 0.3) is 0 Å². The van der Waals surface area contributed by atoms with Crippen LogP contribution < -0.4 is 39.8 Å². The molecule has 0 unspecified atom stereocenters. The minimum absolute atomic E-state index is 0. The molecule has 0 aromatic heterocycles. The maximum atomic E-state index is 13.0. The van der Waals surface area contributed by atoms with Gasteiger partial charge in [-0.05, 0) is 73.9 Å². The van der Waals surface area contributed by atoms with Gasteiger partial charge in [0.1, 0.15) is 6.61 Å². The van der Waals surface area contributed by atoms with E-state index in [2.05, 4.69) is 5.32 Å². The van der Waals surface area contributed by atoms with Crippen molar-refractivity contribution in [3.63, 3.8) is 0 Å². The molecule has 37 heavy (non-hydrogen) atoms. The Kier molecular flexibility index (Phi) is 13.4. The van der Waals surface area contributed by atoms with Crippen LogP contribution in [0.15, 0.2) is 54.6 Å². The molecule has 1 aliphatic rings. The molecule has 196 valence electrons. The molecule has 1 aliphatic carbocycles. The summed E-state index contributed by atoms with van der Waals surface area (Å²) in [5.74, 6) is -0.564. The first-order valence-electron chi connectivity index (χ1n) is 11.8. The molecule has 1 saturated carbocycles. The van der Waals surface area contributed by atoms with Crippen LogP contribution in [0.2, 0.25) is 5.02 Å². The first kappa shape index (κ1) is 31.6. The van der Waals surface area contributed by atoms with Gasteiger partial charge in [-0.1, -0.05) is 29.8 Å². The number of rotatable bonds is 11. The van der Waals surface area contributed by atoms with Crippen molar-refractivity contribution in [2.24, 2.45) is 11.8 Å². The quantitative estimate of drug-likeness (QED) is 0.322. The molecule has 0 atom stereocenters. The van der Waals surface area contributed by atoms with Crippen molar-refractivity contribution in [2.75, 3.05) is 37.0 Å². The summed E-state index contributed by atoms with van der Waals surface area (Å²) in [5, 5.41) is 2.92. The van der Waals surface area contributed by atoms with Gasteiger partial charge in [-0.15, -0.1) is 0 Å². The molecule has 2 aromatic carbocycles. The Morgan fingerprint density at radius 3 is 2.11 bits per heavy atom. The number of anilines is 2. The van der Waals surface area contributed by atoms with Gasteiger partial charge in [0, 0.05) is 11.6 Å². The third-order valence-corrected chi connectivity index (χ3v) is 6.91. The molecular formula is C25H30ClN2NaO7S. The third-order valence-electron chi connectivity index (χ3n) is 5.95. The largest absolute Gasteiger partial charge is 1.00 e. The minimum Gasteiger partial charge on any atom is -0.748 e. The molecule has 2 amide bonds. The van der Waals surface area contributed by atoms with Crippen molar-refractivity contribution in [2.45, 2.75) is 25.7 Å². The molecule has 9 nitrogen and oxygen atoms in total. The summed E-state index contributed by atoms with van der Waals surface area (Å²) in [5.41, 5.74) is 1.36. The normalized spacial score (nSPS) is 17.4. The number of carbonyl (C=O) groups is 2. The van der Waals surface area contributed by atoms with Gasteiger partial charge in [0.05, 0.1) is 40.5 Å². The van der Waals surface area contributed by atoms with Crippen molar-refractivity contribution in [1.82, 2.24) is 5.32 Å². The molecule has 2 aromatic rings. The topological polar surface area (TPSA) is 125 Å². The van der Waals surface area contributed by atoms with Crippen molar-refractivity contribution in [3.8, 4) is 0 Å². The van der Waals surface area contributed by atoms with E-state index in [9.17, 15) is 22.6 Å². The Bertz CT molecular complexity index is 1100. The van der Waals surface area contributed by atoms with Crippen LogP contribution in [-0.2, 0) is 24.4 Å². The van der Waals surface area contributed by atoms with Gasteiger partial charge in [-0.3, -0.25) is 4.79 Å². The molecule has 0 aliphatic heterocycles. The van der Waals surface area contributed by atoms with Gasteiger partial charge in [0.15, 0.2) is 0 Å². The van der Waals surface area contributed by atoms with E-state index in [1.807, 2.05) is 30.3 Å². The second-order valence-electron chi connectivity index (χ2n) is 8.74. The molecule has 0 radical (unpaired) electrons. The Labute approximate surface area is 244 Å². The smallest absolute Gasteiger partial charge is 0.748 e. The summed E-state index contributed by atoms with van der Waals surface area (Å²) in [6, 6.07) is 16.3. The molecule has 3 rings (SSSR count). The van der Waals surface area contributed by atoms with Gasteiger partial charge >= 0.3 is 35.7 Å². The molecule has 1 fully saturated rings. The standard InChI is InChI=1S/C25H31ClN2O7S.Na/c26-21-10-12-23(13-11-21)28(22-4-2-1-3-5-22)25(30)35-17-20-8-6-19(7-9-20)16-34-18-24(29)27-14-15-36(31,32)33;/h1-5,10-13,19-20H,6-9,14-18H2,(H,27,29)(H,31,32,33);/q;+1/p-1/t19-,20-;. The molecule has 0 spiro atoms.